The van der Waals surface area contributed by atoms with Crippen LogP contribution in [0.25, 0.3) is 10.1 Å². The van der Waals surface area contributed by atoms with Gasteiger partial charge >= 0.3 is 0 Å². The lowest BCUT2D eigenvalue weighted by Gasteiger charge is -2.26. The quantitative estimate of drug-likeness (QED) is 0.733. The fourth-order valence-corrected chi connectivity index (χ4v) is 4.37. The van der Waals surface area contributed by atoms with Crippen LogP contribution in [0.3, 0.4) is 0 Å². The van der Waals surface area contributed by atoms with Crippen LogP contribution in [0.5, 0.6) is 17.2 Å². The second-order valence-electron chi connectivity index (χ2n) is 6.17. The number of nitriles is 1. The Balaban J connectivity index is 2.04. The zero-order chi connectivity index (χ0) is 19.8. The molecule has 0 fully saturated rings. The van der Waals surface area contributed by atoms with Crippen molar-refractivity contribution in [3.8, 4) is 23.3 Å². The molecule has 4 rings (SSSR count). The molecule has 0 bridgehead atoms. The second kappa shape index (κ2) is 6.91. The minimum Gasteiger partial charge on any atom is -0.493 e. The van der Waals surface area contributed by atoms with Crippen LogP contribution in [0.1, 0.15) is 17.0 Å². The second-order valence-corrected chi connectivity index (χ2v) is 7.18. The van der Waals surface area contributed by atoms with Crippen LogP contribution >= 0.6 is 11.3 Å². The summed E-state index contributed by atoms with van der Waals surface area (Å²) in [6.07, 6.45) is 0. The van der Waals surface area contributed by atoms with E-state index in [9.17, 15) is 10.1 Å². The summed E-state index contributed by atoms with van der Waals surface area (Å²) in [7, 11) is 3.08. The molecule has 2 aromatic carbocycles. The van der Waals surface area contributed by atoms with Crippen molar-refractivity contribution >= 4 is 21.4 Å². The molecular formula is C21H16N2O4S. The minimum atomic E-state index is -0.651. The SMILES string of the molecule is COc1ccc([C@H]2C(C#N)=C(N)Oc3c2c(=O)sc2ccccc32)cc1OC. The molecule has 28 heavy (non-hydrogen) atoms. The van der Waals surface area contributed by atoms with Crippen molar-refractivity contribution in [2.75, 3.05) is 14.2 Å². The zero-order valence-electron chi connectivity index (χ0n) is 15.2. The number of fused-ring (bicyclic) bond motifs is 3. The third-order valence-electron chi connectivity index (χ3n) is 4.72. The molecule has 6 nitrogen and oxygen atoms in total. The van der Waals surface area contributed by atoms with Crippen molar-refractivity contribution in [1.29, 1.82) is 5.26 Å². The smallest absolute Gasteiger partial charge is 0.240 e. The van der Waals surface area contributed by atoms with E-state index in [-0.39, 0.29) is 16.2 Å². The third kappa shape index (κ3) is 2.66. The van der Waals surface area contributed by atoms with Crippen LogP contribution in [0.2, 0.25) is 0 Å². The molecule has 0 saturated heterocycles. The van der Waals surface area contributed by atoms with Crippen molar-refractivity contribution in [3.05, 3.63) is 74.6 Å². The van der Waals surface area contributed by atoms with Crippen LogP contribution in [-0.2, 0) is 0 Å². The highest BCUT2D eigenvalue weighted by Crippen LogP contribution is 2.45. The highest BCUT2D eigenvalue weighted by Gasteiger charge is 2.35. The van der Waals surface area contributed by atoms with E-state index < -0.39 is 5.92 Å². The van der Waals surface area contributed by atoms with Crippen molar-refractivity contribution in [2.45, 2.75) is 5.92 Å². The lowest BCUT2D eigenvalue weighted by atomic mass is 9.84. The Morgan fingerprint density at radius 2 is 1.89 bits per heavy atom. The van der Waals surface area contributed by atoms with Gasteiger partial charge < -0.3 is 19.9 Å². The highest BCUT2D eigenvalue weighted by molar-refractivity contribution is 7.16. The van der Waals surface area contributed by atoms with Gasteiger partial charge in [0.05, 0.1) is 25.7 Å². The van der Waals surface area contributed by atoms with Crippen molar-refractivity contribution in [1.82, 2.24) is 0 Å². The first-order valence-electron chi connectivity index (χ1n) is 8.44. The average Bonchev–Trinajstić information content (AvgIpc) is 2.72. The number of rotatable bonds is 3. The lowest BCUT2D eigenvalue weighted by Crippen LogP contribution is -2.25. The molecule has 1 atom stereocenters. The maximum Gasteiger partial charge on any atom is 0.240 e. The first kappa shape index (κ1) is 17.9. The Labute approximate surface area is 165 Å². The van der Waals surface area contributed by atoms with Crippen molar-refractivity contribution in [3.63, 3.8) is 0 Å². The summed E-state index contributed by atoms with van der Waals surface area (Å²) in [5, 5.41) is 10.5. The van der Waals surface area contributed by atoms with Crippen molar-refractivity contribution in [2.24, 2.45) is 5.73 Å². The molecule has 2 N–H and O–H groups in total. The maximum atomic E-state index is 13.0. The number of benzene rings is 2. The van der Waals surface area contributed by atoms with E-state index in [1.54, 1.807) is 25.3 Å². The van der Waals surface area contributed by atoms with Gasteiger partial charge in [0.25, 0.3) is 0 Å². The van der Waals surface area contributed by atoms with E-state index in [1.165, 1.54) is 7.11 Å². The molecular weight excluding hydrogens is 376 g/mol. The maximum absolute atomic E-state index is 13.0. The topological polar surface area (TPSA) is 94.6 Å². The van der Waals surface area contributed by atoms with Gasteiger partial charge in [-0.25, -0.2) is 0 Å². The van der Waals surface area contributed by atoms with Gasteiger partial charge in [-0.3, -0.25) is 4.79 Å². The van der Waals surface area contributed by atoms with Crippen LogP contribution in [0.4, 0.5) is 0 Å². The summed E-state index contributed by atoms with van der Waals surface area (Å²) < 4.78 is 17.1. The Hall–Kier alpha value is -3.50. The Morgan fingerprint density at radius 1 is 1.14 bits per heavy atom. The fraction of sp³-hybridized carbons (Fsp3) is 0.143. The molecule has 0 amide bonds. The van der Waals surface area contributed by atoms with Gasteiger partial charge in [-0.15, -0.1) is 0 Å². The van der Waals surface area contributed by atoms with Gasteiger partial charge in [-0.2, -0.15) is 5.26 Å². The molecule has 140 valence electrons. The van der Waals surface area contributed by atoms with Crippen molar-refractivity contribution < 1.29 is 14.2 Å². The molecule has 0 radical (unpaired) electrons. The number of nitrogens with zero attached hydrogens (tertiary/aromatic N) is 1. The summed E-state index contributed by atoms with van der Waals surface area (Å²) in [4.78, 5) is 13.0. The first-order chi connectivity index (χ1) is 13.6. The lowest BCUT2D eigenvalue weighted by molar-refractivity contribution is 0.354. The average molecular weight is 392 g/mol. The molecule has 1 aromatic heterocycles. The Morgan fingerprint density at radius 3 is 2.61 bits per heavy atom. The van der Waals surface area contributed by atoms with E-state index in [0.717, 1.165) is 21.4 Å². The minimum absolute atomic E-state index is 0.00413. The molecule has 0 spiro atoms. The van der Waals surface area contributed by atoms with Crippen LogP contribution in [0.15, 0.2) is 58.7 Å². The van der Waals surface area contributed by atoms with Crippen LogP contribution in [-0.4, -0.2) is 14.2 Å². The predicted molar refractivity (Wildman–Crippen MR) is 107 cm³/mol. The van der Waals surface area contributed by atoms with Gasteiger partial charge in [0, 0.05) is 10.1 Å². The number of hydrogen-bond donors (Lipinski definition) is 1. The van der Waals surface area contributed by atoms with Gasteiger partial charge in [-0.1, -0.05) is 29.5 Å². The summed E-state index contributed by atoms with van der Waals surface area (Å²) in [5.74, 6) is 0.798. The summed E-state index contributed by atoms with van der Waals surface area (Å²) in [5.41, 5.74) is 7.37. The molecule has 7 heteroatoms. The summed E-state index contributed by atoms with van der Waals surface area (Å²) in [6.45, 7) is 0. The largest absolute Gasteiger partial charge is 0.493 e. The Kier molecular flexibility index (Phi) is 4.41. The third-order valence-corrected chi connectivity index (χ3v) is 5.70. The fourth-order valence-electron chi connectivity index (χ4n) is 3.43. The highest BCUT2D eigenvalue weighted by atomic mass is 32.1. The number of hydrogen-bond acceptors (Lipinski definition) is 7. The molecule has 2 heterocycles. The van der Waals surface area contributed by atoms with E-state index >= 15 is 0 Å². The van der Waals surface area contributed by atoms with E-state index in [4.69, 9.17) is 19.9 Å². The normalized spacial score (nSPS) is 15.5. The molecule has 0 aliphatic carbocycles. The zero-order valence-corrected chi connectivity index (χ0v) is 16.0. The number of methoxy groups -OCH3 is 2. The number of nitrogens with two attached hydrogens (primary N) is 1. The molecule has 0 saturated carbocycles. The van der Waals surface area contributed by atoms with Gasteiger partial charge in [0.1, 0.15) is 17.4 Å². The number of allylic oxidation sites excluding steroid dienone is 1. The number of ether oxygens (including phenoxy) is 3. The summed E-state index contributed by atoms with van der Waals surface area (Å²) >= 11 is 1.12. The molecule has 0 unspecified atom stereocenters. The molecule has 3 aromatic rings. The van der Waals surface area contributed by atoms with E-state index in [1.807, 2.05) is 24.3 Å². The van der Waals surface area contributed by atoms with E-state index in [0.29, 0.717) is 28.4 Å². The van der Waals surface area contributed by atoms with E-state index in [2.05, 4.69) is 6.07 Å². The van der Waals surface area contributed by atoms with Crippen LogP contribution in [0, 0.1) is 11.3 Å². The predicted octanol–water partition coefficient (Wildman–Crippen LogP) is 3.50. The first-order valence-corrected chi connectivity index (χ1v) is 9.26. The van der Waals surface area contributed by atoms with Gasteiger partial charge in [0.2, 0.25) is 10.6 Å². The monoisotopic (exact) mass is 392 g/mol. The van der Waals surface area contributed by atoms with Crippen LogP contribution < -0.4 is 24.7 Å². The summed E-state index contributed by atoms with van der Waals surface area (Å²) in [6, 6.07) is 14.9. The molecule has 1 aliphatic rings. The van der Waals surface area contributed by atoms with Gasteiger partial charge in [-0.05, 0) is 29.8 Å². The molecule has 1 aliphatic heterocycles. The standard InChI is InChI=1S/C21H16N2O4S/c1-25-14-8-7-11(9-15(14)26-2)17-13(10-22)20(23)27-19-12-5-3-4-6-16(12)28-21(24)18(17)19/h3-9,17H,23H2,1-2H3/t17-/m0/s1. The Bertz CT molecular complexity index is 1220. The van der Waals surface area contributed by atoms with Gasteiger partial charge in [0.15, 0.2) is 11.5 Å².